The second kappa shape index (κ2) is 5.81. The number of hydrogen-bond acceptors (Lipinski definition) is 3. The van der Waals surface area contributed by atoms with Gasteiger partial charge in [-0.1, -0.05) is 0 Å². The zero-order chi connectivity index (χ0) is 15.5. The molecule has 2 amide bonds. The van der Waals surface area contributed by atoms with Crippen LogP contribution in [-0.2, 0) is 4.79 Å². The van der Waals surface area contributed by atoms with Gasteiger partial charge in [0.1, 0.15) is 6.54 Å². The van der Waals surface area contributed by atoms with Crippen molar-refractivity contribution in [3.05, 3.63) is 30.0 Å². The van der Waals surface area contributed by atoms with E-state index >= 15 is 0 Å². The molecule has 1 aromatic carbocycles. The molecule has 1 heterocycles. The zero-order valence-corrected chi connectivity index (χ0v) is 10.6. The number of fused-ring (bicyclic) bond motifs is 1. The third-order valence-corrected chi connectivity index (χ3v) is 2.60. The zero-order valence-electron chi connectivity index (χ0n) is 10.6. The molecule has 0 aliphatic heterocycles. The van der Waals surface area contributed by atoms with Crippen molar-refractivity contribution in [1.29, 1.82) is 0 Å². The summed E-state index contributed by atoms with van der Waals surface area (Å²) in [6.07, 6.45) is -2.95. The molecule has 9 heteroatoms. The number of rotatable bonds is 4. The molecule has 0 aliphatic rings. The van der Waals surface area contributed by atoms with Gasteiger partial charge in [-0.25, -0.2) is 0 Å². The van der Waals surface area contributed by atoms with Crippen molar-refractivity contribution in [2.75, 3.05) is 13.1 Å². The molecule has 1 aromatic heterocycles. The molecule has 3 N–H and O–H groups in total. The van der Waals surface area contributed by atoms with Crippen molar-refractivity contribution in [3.63, 3.8) is 0 Å². The standard InChI is InChI=1S/C12H11F3N4O2/c13-12(14,15)6-17-10(20)5-16-11(21)7-1-2-9-8(3-7)4-18-19-9/h1-4H,5-6H2,(H,16,21)(H,17,20)(H,18,19). The second-order valence-electron chi connectivity index (χ2n) is 4.25. The Bertz CT molecular complexity index is 666. The first-order chi connectivity index (χ1) is 9.85. The number of carbonyl (C=O) groups excluding carboxylic acids is 2. The molecule has 0 fully saturated rings. The fourth-order valence-corrected chi connectivity index (χ4v) is 1.61. The third kappa shape index (κ3) is 4.20. The highest BCUT2D eigenvalue weighted by Crippen LogP contribution is 2.13. The maximum atomic E-state index is 11.9. The average Bonchev–Trinajstić information content (AvgIpc) is 2.89. The summed E-state index contributed by atoms with van der Waals surface area (Å²) in [7, 11) is 0. The van der Waals surface area contributed by atoms with Crippen LogP contribution in [0.5, 0.6) is 0 Å². The molecule has 2 aromatic rings. The van der Waals surface area contributed by atoms with Gasteiger partial charge in [-0.05, 0) is 18.2 Å². The number of carbonyl (C=O) groups is 2. The summed E-state index contributed by atoms with van der Waals surface area (Å²) in [6, 6.07) is 4.71. The van der Waals surface area contributed by atoms with Crippen LogP contribution >= 0.6 is 0 Å². The molecule has 21 heavy (non-hydrogen) atoms. The van der Waals surface area contributed by atoms with Gasteiger partial charge in [0.15, 0.2) is 0 Å². The van der Waals surface area contributed by atoms with Crippen molar-refractivity contribution >= 4 is 22.7 Å². The van der Waals surface area contributed by atoms with E-state index in [0.29, 0.717) is 5.39 Å². The van der Waals surface area contributed by atoms with E-state index in [1.165, 1.54) is 12.3 Å². The molecular weight excluding hydrogens is 289 g/mol. The van der Waals surface area contributed by atoms with Crippen LogP contribution in [0.4, 0.5) is 13.2 Å². The lowest BCUT2D eigenvalue weighted by molar-refractivity contribution is -0.137. The molecule has 112 valence electrons. The van der Waals surface area contributed by atoms with E-state index in [1.54, 1.807) is 17.4 Å². The third-order valence-electron chi connectivity index (χ3n) is 2.60. The van der Waals surface area contributed by atoms with Crippen LogP contribution in [0.1, 0.15) is 10.4 Å². The van der Waals surface area contributed by atoms with Crippen molar-refractivity contribution < 1.29 is 22.8 Å². The number of benzene rings is 1. The number of amides is 2. The van der Waals surface area contributed by atoms with E-state index in [-0.39, 0.29) is 5.56 Å². The number of aromatic amines is 1. The summed E-state index contributed by atoms with van der Waals surface area (Å²) >= 11 is 0. The van der Waals surface area contributed by atoms with Crippen molar-refractivity contribution in [2.24, 2.45) is 0 Å². The lowest BCUT2D eigenvalue weighted by Gasteiger charge is -2.09. The van der Waals surface area contributed by atoms with Gasteiger partial charge >= 0.3 is 6.18 Å². The van der Waals surface area contributed by atoms with Gasteiger partial charge in [0.25, 0.3) is 5.91 Å². The molecule has 0 unspecified atom stereocenters. The van der Waals surface area contributed by atoms with Gasteiger partial charge in [-0.2, -0.15) is 18.3 Å². The summed E-state index contributed by atoms with van der Waals surface area (Å²) < 4.78 is 35.7. The number of nitrogens with zero attached hydrogens (tertiary/aromatic N) is 1. The van der Waals surface area contributed by atoms with Crippen molar-refractivity contribution in [1.82, 2.24) is 20.8 Å². The van der Waals surface area contributed by atoms with Crippen LogP contribution in [0.2, 0.25) is 0 Å². The summed E-state index contributed by atoms with van der Waals surface area (Å²) in [5, 5.41) is 11.1. The Hall–Kier alpha value is -2.58. The van der Waals surface area contributed by atoms with Crippen molar-refractivity contribution in [3.8, 4) is 0 Å². The van der Waals surface area contributed by atoms with Gasteiger partial charge in [-0.15, -0.1) is 0 Å². The van der Waals surface area contributed by atoms with E-state index in [1.807, 2.05) is 0 Å². The molecule has 0 atom stereocenters. The quantitative estimate of drug-likeness (QED) is 0.786. The Balaban J connectivity index is 1.88. The van der Waals surface area contributed by atoms with Crippen LogP contribution in [-0.4, -0.2) is 41.3 Å². The van der Waals surface area contributed by atoms with E-state index in [4.69, 9.17) is 0 Å². The summed E-state index contributed by atoms with van der Waals surface area (Å²) in [5.41, 5.74) is 1.03. The minimum Gasteiger partial charge on any atom is -0.345 e. The first kappa shape index (κ1) is 14.8. The van der Waals surface area contributed by atoms with Crippen LogP contribution in [0.25, 0.3) is 10.9 Å². The molecule has 6 nitrogen and oxygen atoms in total. The maximum absolute atomic E-state index is 11.9. The largest absolute Gasteiger partial charge is 0.405 e. The van der Waals surface area contributed by atoms with Gasteiger partial charge in [0.2, 0.25) is 5.91 Å². The molecular formula is C12H11F3N4O2. The van der Waals surface area contributed by atoms with Gasteiger partial charge in [0, 0.05) is 10.9 Å². The molecule has 0 saturated heterocycles. The minimum atomic E-state index is -4.48. The molecule has 2 rings (SSSR count). The van der Waals surface area contributed by atoms with E-state index < -0.39 is 31.1 Å². The summed E-state index contributed by atoms with van der Waals surface area (Å²) in [5.74, 6) is -1.47. The predicted molar refractivity (Wildman–Crippen MR) is 67.5 cm³/mol. The fourth-order valence-electron chi connectivity index (χ4n) is 1.61. The van der Waals surface area contributed by atoms with Crippen LogP contribution < -0.4 is 10.6 Å². The first-order valence-electron chi connectivity index (χ1n) is 5.90. The lowest BCUT2D eigenvalue weighted by Crippen LogP contribution is -2.40. The van der Waals surface area contributed by atoms with E-state index in [2.05, 4.69) is 15.5 Å². The number of H-pyrrole nitrogens is 1. The fraction of sp³-hybridized carbons (Fsp3) is 0.250. The van der Waals surface area contributed by atoms with Gasteiger partial charge in [-0.3, -0.25) is 14.7 Å². The SMILES string of the molecule is O=C(CNC(=O)c1ccc2[nH]ncc2c1)NCC(F)(F)F. The monoisotopic (exact) mass is 300 g/mol. The van der Waals surface area contributed by atoms with Crippen LogP contribution in [0.15, 0.2) is 24.4 Å². The van der Waals surface area contributed by atoms with Crippen LogP contribution in [0.3, 0.4) is 0 Å². The highest BCUT2D eigenvalue weighted by atomic mass is 19.4. The normalized spacial score (nSPS) is 11.4. The van der Waals surface area contributed by atoms with Gasteiger partial charge < -0.3 is 10.6 Å². The Labute approximate surface area is 116 Å². The number of aromatic nitrogens is 2. The first-order valence-corrected chi connectivity index (χ1v) is 5.90. The Morgan fingerprint density at radius 1 is 1.24 bits per heavy atom. The number of halogens is 3. The lowest BCUT2D eigenvalue weighted by atomic mass is 10.1. The molecule has 0 saturated carbocycles. The highest BCUT2D eigenvalue weighted by molar-refractivity contribution is 5.99. The van der Waals surface area contributed by atoms with Gasteiger partial charge in [0.05, 0.1) is 18.3 Å². The average molecular weight is 300 g/mol. The van der Waals surface area contributed by atoms with E-state index in [0.717, 1.165) is 5.52 Å². The minimum absolute atomic E-state index is 0.285. The Morgan fingerprint density at radius 2 is 2.00 bits per heavy atom. The molecule has 0 bridgehead atoms. The smallest absolute Gasteiger partial charge is 0.345 e. The molecule has 0 aliphatic carbocycles. The number of alkyl halides is 3. The Kier molecular flexibility index (Phi) is 4.10. The van der Waals surface area contributed by atoms with Crippen molar-refractivity contribution in [2.45, 2.75) is 6.18 Å². The highest BCUT2D eigenvalue weighted by Gasteiger charge is 2.27. The summed E-state index contributed by atoms with van der Waals surface area (Å²) in [4.78, 5) is 22.9. The number of nitrogens with one attached hydrogen (secondary N) is 3. The van der Waals surface area contributed by atoms with E-state index in [9.17, 15) is 22.8 Å². The molecule has 0 radical (unpaired) electrons. The maximum Gasteiger partial charge on any atom is 0.405 e. The number of hydrogen-bond donors (Lipinski definition) is 3. The van der Waals surface area contributed by atoms with Crippen LogP contribution in [0, 0.1) is 0 Å². The predicted octanol–water partition coefficient (Wildman–Crippen LogP) is 0.971. The summed E-state index contributed by atoms with van der Waals surface area (Å²) in [6.45, 7) is -1.96. The Morgan fingerprint density at radius 3 is 2.71 bits per heavy atom. The second-order valence-corrected chi connectivity index (χ2v) is 4.25. The topological polar surface area (TPSA) is 86.9 Å². The molecule has 0 spiro atoms.